The fourth-order valence-corrected chi connectivity index (χ4v) is 2.09. The molecule has 2 rings (SSSR count). The molecule has 0 saturated heterocycles. The molecular formula is C13H12F4O3. The molecule has 0 radical (unpaired) electrons. The summed E-state index contributed by atoms with van der Waals surface area (Å²) in [6.07, 6.45) is -4.00. The quantitative estimate of drug-likeness (QED) is 0.688. The fourth-order valence-electron chi connectivity index (χ4n) is 2.09. The maximum atomic E-state index is 13.4. The average molecular weight is 292 g/mol. The van der Waals surface area contributed by atoms with Crippen molar-refractivity contribution in [1.29, 1.82) is 0 Å². The van der Waals surface area contributed by atoms with Gasteiger partial charge in [0.05, 0.1) is 0 Å². The molecule has 0 amide bonds. The molecule has 0 spiro atoms. The van der Waals surface area contributed by atoms with Gasteiger partial charge in [0, 0.05) is 24.5 Å². The molecule has 7 heteroatoms. The van der Waals surface area contributed by atoms with E-state index in [1.807, 2.05) is 0 Å². The Labute approximate surface area is 112 Å². The Balaban J connectivity index is 2.02. The van der Waals surface area contributed by atoms with Gasteiger partial charge in [-0.25, -0.2) is 22.4 Å². The van der Waals surface area contributed by atoms with E-state index in [2.05, 4.69) is 0 Å². The van der Waals surface area contributed by atoms with E-state index in [-0.39, 0.29) is 6.42 Å². The second-order valence-corrected chi connectivity index (χ2v) is 4.73. The molecule has 110 valence electrons. The fraction of sp³-hybridized carbons (Fsp3) is 0.462. The lowest BCUT2D eigenvalue weighted by Gasteiger charge is -2.16. The third-order valence-electron chi connectivity index (χ3n) is 3.12. The van der Waals surface area contributed by atoms with Crippen LogP contribution in [-0.2, 0) is 9.53 Å². The Morgan fingerprint density at radius 3 is 2.65 bits per heavy atom. The zero-order valence-electron chi connectivity index (χ0n) is 10.3. The Hall–Kier alpha value is -1.63. The molecule has 1 aliphatic carbocycles. The second kappa shape index (κ2) is 5.40. The van der Waals surface area contributed by atoms with Crippen LogP contribution in [0.1, 0.15) is 30.9 Å². The topological polar surface area (TPSA) is 46.5 Å². The SMILES string of the molecule is O=C(O[C@@H]1CCC(F)(F)C1)[C@H](O)c1ccc(F)cc1F. The van der Waals surface area contributed by atoms with E-state index in [1.165, 1.54) is 0 Å². The minimum Gasteiger partial charge on any atom is -0.460 e. The standard InChI is InChI=1S/C13H12F4O3/c14-7-1-2-9(10(15)5-7)11(18)12(19)20-8-3-4-13(16,17)6-8/h1-2,5,8,11,18H,3-4,6H2/t8-,11-/m1/s1. The summed E-state index contributed by atoms with van der Waals surface area (Å²) in [6.45, 7) is 0. The predicted octanol–water partition coefficient (Wildman–Crippen LogP) is 2.73. The number of hydrogen-bond acceptors (Lipinski definition) is 3. The van der Waals surface area contributed by atoms with Gasteiger partial charge in [0.25, 0.3) is 5.92 Å². The molecule has 3 nitrogen and oxygen atoms in total. The summed E-state index contributed by atoms with van der Waals surface area (Å²) in [7, 11) is 0. The van der Waals surface area contributed by atoms with E-state index < -0.39 is 54.1 Å². The number of esters is 1. The molecule has 2 atom stereocenters. The van der Waals surface area contributed by atoms with Crippen molar-refractivity contribution < 1.29 is 32.2 Å². The molecular weight excluding hydrogens is 280 g/mol. The van der Waals surface area contributed by atoms with Gasteiger partial charge in [0.15, 0.2) is 6.10 Å². The Morgan fingerprint density at radius 2 is 2.10 bits per heavy atom. The molecule has 0 aromatic heterocycles. The number of benzene rings is 1. The number of halogens is 4. The van der Waals surface area contributed by atoms with Crippen molar-refractivity contribution in [1.82, 2.24) is 0 Å². The van der Waals surface area contributed by atoms with Crippen molar-refractivity contribution >= 4 is 5.97 Å². The number of hydrogen-bond donors (Lipinski definition) is 1. The lowest BCUT2D eigenvalue weighted by Crippen LogP contribution is -2.23. The molecule has 1 fully saturated rings. The minimum atomic E-state index is -2.89. The van der Waals surface area contributed by atoms with E-state index >= 15 is 0 Å². The van der Waals surface area contributed by atoms with Crippen LogP contribution < -0.4 is 0 Å². The molecule has 1 aromatic carbocycles. The highest BCUT2D eigenvalue weighted by molar-refractivity contribution is 5.76. The number of carbonyl (C=O) groups is 1. The van der Waals surface area contributed by atoms with E-state index in [9.17, 15) is 27.5 Å². The zero-order valence-corrected chi connectivity index (χ0v) is 10.3. The highest BCUT2D eigenvalue weighted by Crippen LogP contribution is 2.37. The van der Waals surface area contributed by atoms with Crippen LogP contribution in [0.3, 0.4) is 0 Å². The van der Waals surface area contributed by atoms with E-state index in [0.717, 1.165) is 12.1 Å². The van der Waals surface area contributed by atoms with Gasteiger partial charge in [0.1, 0.15) is 17.7 Å². The summed E-state index contributed by atoms with van der Waals surface area (Å²) >= 11 is 0. The van der Waals surface area contributed by atoms with Gasteiger partial charge in [-0.1, -0.05) is 0 Å². The van der Waals surface area contributed by atoms with Gasteiger partial charge in [-0.05, 0) is 18.6 Å². The first-order valence-electron chi connectivity index (χ1n) is 6.00. The third kappa shape index (κ3) is 3.27. The van der Waals surface area contributed by atoms with Crippen LogP contribution in [0.15, 0.2) is 18.2 Å². The number of carbonyl (C=O) groups excluding carboxylic acids is 1. The van der Waals surface area contributed by atoms with Gasteiger partial charge in [-0.3, -0.25) is 0 Å². The summed E-state index contributed by atoms with van der Waals surface area (Å²) in [5.41, 5.74) is -0.457. The van der Waals surface area contributed by atoms with Crippen molar-refractivity contribution in [2.75, 3.05) is 0 Å². The lowest BCUT2D eigenvalue weighted by atomic mass is 10.1. The van der Waals surface area contributed by atoms with Gasteiger partial charge < -0.3 is 9.84 Å². The van der Waals surface area contributed by atoms with Crippen LogP contribution in [0, 0.1) is 11.6 Å². The normalized spacial score (nSPS) is 22.6. The van der Waals surface area contributed by atoms with Crippen molar-refractivity contribution in [3.63, 3.8) is 0 Å². The molecule has 0 unspecified atom stereocenters. The summed E-state index contributed by atoms with van der Waals surface area (Å²) in [5.74, 6) is -6.08. The highest BCUT2D eigenvalue weighted by atomic mass is 19.3. The number of ether oxygens (including phenoxy) is 1. The van der Waals surface area contributed by atoms with Crippen LogP contribution >= 0.6 is 0 Å². The summed E-state index contributed by atoms with van der Waals surface area (Å²) < 4.78 is 56.6. The predicted molar refractivity (Wildman–Crippen MR) is 60.0 cm³/mol. The van der Waals surface area contributed by atoms with Crippen LogP contribution in [0.2, 0.25) is 0 Å². The zero-order chi connectivity index (χ0) is 14.9. The Kier molecular flexibility index (Phi) is 3.99. The lowest BCUT2D eigenvalue weighted by molar-refractivity contribution is -0.160. The summed E-state index contributed by atoms with van der Waals surface area (Å²) in [5, 5.41) is 9.63. The van der Waals surface area contributed by atoms with E-state index in [1.54, 1.807) is 0 Å². The monoisotopic (exact) mass is 292 g/mol. The van der Waals surface area contributed by atoms with Crippen LogP contribution in [0.5, 0.6) is 0 Å². The minimum absolute atomic E-state index is 0.0165. The van der Waals surface area contributed by atoms with Crippen molar-refractivity contribution in [3.05, 3.63) is 35.4 Å². The Bertz CT molecular complexity index is 518. The second-order valence-electron chi connectivity index (χ2n) is 4.73. The molecule has 1 saturated carbocycles. The Morgan fingerprint density at radius 1 is 1.40 bits per heavy atom. The first-order valence-corrected chi connectivity index (χ1v) is 6.00. The number of aliphatic hydroxyl groups excluding tert-OH is 1. The van der Waals surface area contributed by atoms with E-state index in [4.69, 9.17) is 4.74 Å². The van der Waals surface area contributed by atoms with Gasteiger partial charge in [-0.15, -0.1) is 0 Å². The first-order chi connectivity index (χ1) is 9.28. The number of rotatable bonds is 3. The van der Waals surface area contributed by atoms with Crippen LogP contribution in [-0.4, -0.2) is 23.1 Å². The molecule has 1 N–H and O–H groups in total. The molecule has 20 heavy (non-hydrogen) atoms. The van der Waals surface area contributed by atoms with Crippen LogP contribution in [0.25, 0.3) is 0 Å². The molecule has 0 heterocycles. The smallest absolute Gasteiger partial charge is 0.340 e. The molecule has 0 bridgehead atoms. The van der Waals surface area contributed by atoms with Gasteiger partial charge in [-0.2, -0.15) is 0 Å². The van der Waals surface area contributed by atoms with Crippen molar-refractivity contribution in [3.8, 4) is 0 Å². The number of alkyl halides is 2. The average Bonchev–Trinajstić information content (AvgIpc) is 2.68. The largest absolute Gasteiger partial charge is 0.460 e. The number of aliphatic hydroxyl groups is 1. The van der Waals surface area contributed by atoms with Crippen molar-refractivity contribution in [2.24, 2.45) is 0 Å². The van der Waals surface area contributed by atoms with E-state index in [0.29, 0.717) is 6.07 Å². The molecule has 0 aliphatic heterocycles. The highest BCUT2D eigenvalue weighted by Gasteiger charge is 2.42. The first kappa shape index (κ1) is 14.8. The van der Waals surface area contributed by atoms with Gasteiger partial charge in [0.2, 0.25) is 0 Å². The summed E-state index contributed by atoms with van der Waals surface area (Å²) in [6, 6.07) is 2.29. The maximum absolute atomic E-state index is 13.4. The van der Waals surface area contributed by atoms with Crippen molar-refractivity contribution in [2.45, 2.75) is 37.4 Å². The molecule has 1 aromatic rings. The maximum Gasteiger partial charge on any atom is 0.340 e. The molecule has 1 aliphatic rings. The summed E-state index contributed by atoms with van der Waals surface area (Å²) in [4.78, 5) is 11.6. The third-order valence-corrected chi connectivity index (χ3v) is 3.12. The van der Waals surface area contributed by atoms with Crippen LogP contribution in [0.4, 0.5) is 17.6 Å². The van der Waals surface area contributed by atoms with Gasteiger partial charge >= 0.3 is 5.97 Å².